The molecule has 1 aromatic rings. The van der Waals surface area contributed by atoms with Crippen LogP contribution in [-0.2, 0) is 0 Å². The molecule has 0 saturated carbocycles. The second-order valence-corrected chi connectivity index (χ2v) is 4.33. The van der Waals surface area contributed by atoms with Gasteiger partial charge in [-0.05, 0) is 51.2 Å². The van der Waals surface area contributed by atoms with Gasteiger partial charge < -0.3 is 4.74 Å². The first-order chi connectivity index (χ1) is 6.06. The average molecular weight is 411 g/mol. The van der Waals surface area contributed by atoms with Crippen LogP contribution in [0.1, 0.15) is 12.1 Å². The predicted octanol–water partition coefficient (Wildman–Crippen LogP) is 3.24. The van der Waals surface area contributed by atoms with Crippen molar-refractivity contribution in [1.82, 2.24) is 4.98 Å². The Bertz CT molecular complexity index is 320. The number of halogens is 4. The lowest BCUT2D eigenvalue weighted by atomic mass is 10.3. The van der Waals surface area contributed by atoms with Gasteiger partial charge in [0.25, 0.3) is 6.43 Å². The molecule has 0 atom stereocenters. The second kappa shape index (κ2) is 4.67. The molecule has 1 rings (SSSR count). The maximum Gasteiger partial charge on any atom is 0.281 e. The Labute approximate surface area is 101 Å². The quantitative estimate of drug-likeness (QED) is 0.551. The van der Waals surface area contributed by atoms with Crippen LogP contribution in [-0.4, -0.2) is 12.1 Å². The molecule has 0 N–H and O–H groups in total. The molecule has 1 aromatic heterocycles. The first-order valence-electron chi connectivity index (χ1n) is 3.24. The van der Waals surface area contributed by atoms with E-state index in [1.807, 2.05) is 45.2 Å². The number of pyridine rings is 1. The van der Waals surface area contributed by atoms with Crippen molar-refractivity contribution in [2.24, 2.45) is 0 Å². The van der Waals surface area contributed by atoms with Crippen LogP contribution < -0.4 is 4.74 Å². The van der Waals surface area contributed by atoms with Crippen molar-refractivity contribution in [2.45, 2.75) is 6.43 Å². The zero-order valence-electron chi connectivity index (χ0n) is 6.52. The number of alkyl halides is 2. The molecule has 0 radical (unpaired) electrons. The summed E-state index contributed by atoms with van der Waals surface area (Å²) in [6, 6.07) is 1.55. The highest BCUT2D eigenvalue weighted by Crippen LogP contribution is 2.28. The van der Waals surface area contributed by atoms with Gasteiger partial charge >= 0.3 is 0 Å². The molecule has 0 bridgehead atoms. The Morgan fingerprint density at radius 1 is 1.46 bits per heavy atom. The molecule has 72 valence electrons. The molecule has 0 fully saturated rings. The lowest BCUT2D eigenvalue weighted by Gasteiger charge is -2.07. The zero-order chi connectivity index (χ0) is 10.0. The van der Waals surface area contributed by atoms with Crippen molar-refractivity contribution in [2.75, 3.05) is 7.11 Å². The van der Waals surface area contributed by atoms with Crippen molar-refractivity contribution in [3.05, 3.63) is 19.0 Å². The molecular weight excluding hydrogens is 406 g/mol. The maximum absolute atomic E-state index is 12.3. The van der Waals surface area contributed by atoms with E-state index in [0.717, 1.165) is 0 Å². The minimum atomic E-state index is -2.54. The lowest BCUT2D eigenvalue weighted by Crippen LogP contribution is -1.99. The molecule has 0 saturated heterocycles. The molecule has 0 aliphatic heterocycles. The summed E-state index contributed by atoms with van der Waals surface area (Å²) in [5, 5.41) is 0. The largest absolute Gasteiger partial charge is 0.494 e. The third-order valence-corrected chi connectivity index (χ3v) is 2.99. The SMILES string of the molecule is COc1cc(I)c(C(F)F)nc1I. The van der Waals surface area contributed by atoms with Gasteiger partial charge in [-0.1, -0.05) is 0 Å². The van der Waals surface area contributed by atoms with Crippen LogP contribution in [0.3, 0.4) is 0 Å². The van der Waals surface area contributed by atoms with Gasteiger partial charge in [0.15, 0.2) is 5.75 Å². The summed E-state index contributed by atoms with van der Waals surface area (Å²) in [6.07, 6.45) is -2.54. The highest BCUT2D eigenvalue weighted by Gasteiger charge is 2.16. The molecule has 0 aliphatic carbocycles. The van der Waals surface area contributed by atoms with Crippen molar-refractivity contribution >= 4 is 45.2 Å². The molecule has 13 heavy (non-hydrogen) atoms. The number of rotatable bonds is 2. The van der Waals surface area contributed by atoms with Gasteiger partial charge in [0, 0.05) is 3.57 Å². The van der Waals surface area contributed by atoms with Gasteiger partial charge in [-0.3, -0.25) is 0 Å². The minimum Gasteiger partial charge on any atom is -0.494 e. The fraction of sp³-hybridized carbons (Fsp3) is 0.286. The summed E-state index contributed by atoms with van der Waals surface area (Å²) in [5.41, 5.74) is -0.189. The molecular formula is C7H5F2I2NO. The van der Waals surface area contributed by atoms with Gasteiger partial charge in [0.2, 0.25) is 0 Å². The van der Waals surface area contributed by atoms with E-state index in [2.05, 4.69) is 4.98 Å². The number of hydrogen-bond acceptors (Lipinski definition) is 2. The Hall–Kier alpha value is 0.270. The van der Waals surface area contributed by atoms with E-state index in [-0.39, 0.29) is 5.69 Å². The minimum absolute atomic E-state index is 0.189. The zero-order valence-corrected chi connectivity index (χ0v) is 10.8. The number of hydrogen-bond donors (Lipinski definition) is 0. The van der Waals surface area contributed by atoms with Crippen LogP contribution in [0.15, 0.2) is 6.07 Å². The summed E-state index contributed by atoms with van der Waals surface area (Å²) >= 11 is 3.68. The van der Waals surface area contributed by atoms with Crippen LogP contribution in [0.2, 0.25) is 0 Å². The van der Waals surface area contributed by atoms with Crippen LogP contribution in [0, 0.1) is 7.27 Å². The van der Waals surface area contributed by atoms with E-state index >= 15 is 0 Å². The Morgan fingerprint density at radius 2 is 2.08 bits per heavy atom. The number of methoxy groups -OCH3 is 1. The molecule has 0 amide bonds. The summed E-state index contributed by atoms with van der Waals surface area (Å²) in [4.78, 5) is 3.75. The Morgan fingerprint density at radius 3 is 2.54 bits per heavy atom. The molecule has 0 aromatic carbocycles. The average Bonchev–Trinajstić information content (AvgIpc) is 2.07. The monoisotopic (exact) mass is 411 g/mol. The van der Waals surface area contributed by atoms with E-state index in [0.29, 0.717) is 13.0 Å². The first-order valence-corrected chi connectivity index (χ1v) is 5.40. The van der Waals surface area contributed by atoms with E-state index < -0.39 is 6.43 Å². The third-order valence-electron chi connectivity index (χ3n) is 1.35. The number of nitrogens with zero attached hydrogens (tertiary/aromatic N) is 1. The molecule has 6 heteroatoms. The van der Waals surface area contributed by atoms with Crippen molar-refractivity contribution in [3.63, 3.8) is 0 Å². The highest BCUT2D eigenvalue weighted by atomic mass is 127. The van der Waals surface area contributed by atoms with Gasteiger partial charge in [0.1, 0.15) is 9.39 Å². The summed E-state index contributed by atoms with van der Waals surface area (Å²) in [6.45, 7) is 0. The summed E-state index contributed by atoms with van der Waals surface area (Å²) in [7, 11) is 1.48. The van der Waals surface area contributed by atoms with Crippen LogP contribution in [0.25, 0.3) is 0 Å². The lowest BCUT2D eigenvalue weighted by molar-refractivity contribution is 0.144. The first kappa shape index (κ1) is 11.3. The van der Waals surface area contributed by atoms with Gasteiger partial charge in [-0.25, -0.2) is 13.8 Å². The highest BCUT2D eigenvalue weighted by molar-refractivity contribution is 14.1. The predicted molar refractivity (Wildman–Crippen MR) is 61.2 cm³/mol. The third kappa shape index (κ3) is 2.61. The molecule has 2 nitrogen and oxygen atoms in total. The van der Waals surface area contributed by atoms with Crippen LogP contribution in [0.5, 0.6) is 5.75 Å². The topological polar surface area (TPSA) is 22.1 Å². The van der Waals surface area contributed by atoms with E-state index in [1.165, 1.54) is 7.11 Å². The fourth-order valence-electron chi connectivity index (χ4n) is 0.759. The molecule has 0 aliphatic rings. The summed E-state index contributed by atoms with van der Waals surface area (Å²) < 4.78 is 30.5. The van der Waals surface area contributed by atoms with E-state index in [4.69, 9.17) is 4.74 Å². The standard InChI is InChI=1S/C7H5F2I2NO/c1-13-4-2-3(10)5(6(8)9)12-7(4)11/h2,6H,1H3. The normalized spacial score (nSPS) is 10.6. The van der Waals surface area contributed by atoms with Gasteiger partial charge in [0.05, 0.1) is 7.11 Å². The van der Waals surface area contributed by atoms with Crippen LogP contribution >= 0.6 is 45.2 Å². The van der Waals surface area contributed by atoms with E-state index in [9.17, 15) is 8.78 Å². The van der Waals surface area contributed by atoms with E-state index in [1.54, 1.807) is 6.07 Å². The molecule has 0 spiro atoms. The molecule has 1 heterocycles. The van der Waals surface area contributed by atoms with Crippen molar-refractivity contribution < 1.29 is 13.5 Å². The van der Waals surface area contributed by atoms with Gasteiger partial charge in [-0.15, -0.1) is 0 Å². The summed E-state index contributed by atoms with van der Waals surface area (Å²) in [5.74, 6) is 0.523. The Balaban J connectivity index is 3.20. The van der Waals surface area contributed by atoms with Crippen molar-refractivity contribution in [3.8, 4) is 5.75 Å². The number of aromatic nitrogens is 1. The van der Waals surface area contributed by atoms with Crippen molar-refractivity contribution in [1.29, 1.82) is 0 Å². The second-order valence-electron chi connectivity index (χ2n) is 2.15. The smallest absolute Gasteiger partial charge is 0.281 e. The maximum atomic E-state index is 12.3. The Kier molecular flexibility index (Phi) is 4.07. The van der Waals surface area contributed by atoms with Gasteiger partial charge in [-0.2, -0.15) is 0 Å². The molecule has 0 unspecified atom stereocenters. The fourth-order valence-corrected chi connectivity index (χ4v) is 2.03. The van der Waals surface area contributed by atoms with Crippen LogP contribution in [0.4, 0.5) is 8.78 Å². The number of ether oxygens (including phenoxy) is 1.